The fourth-order valence-electron chi connectivity index (χ4n) is 3.60. The van der Waals surface area contributed by atoms with Crippen LogP contribution in [-0.2, 0) is 4.74 Å². The number of anilines is 1. The Morgan fingerprint density at radius 1 is 0.897 bits per heavy atom. The molecule has 152 valence electrons. The van der Waals surface area contributed by atoms with Crippen molar-refractivity contribution in [3.63, 3.8) is 0 Å². The zero-order valence-electron chi connectivity index (χ0n) is 17.3. The molecule has 0 saturated carbocycles. The summed E-state index contributed by atoms with van der Waals surface area (Å²) in [6, 6.07) is 10.1. The molecule has 5 heteroatoms. The number of rotatable bonds is 8. The molecule has 1 aliphatic heterocycles. The maximum Gasteiger partial charge on any atom is 0.338 e. The third kappa shape index (κ3) is 4.39. The van der Waals surface area contributed by atoms with Gasteiger partial charge in [-0.15, -0.1) is 0 Å². The predicted molar refractivity (Wildman–Crippen MR) is 113 cm³/mol. The first-order valence-corrected chi connectivity index (χ1v) is 10.2. The Labute approximate surface area is 171 Å². The number of carbonyl (C=O) groups is 3. The topological polar surface area (TPSA) is 63.7 Å². The molecule has 0 spiro atoms. The van der Waals surface area contributed by atoms with Gasteiger partial charge in [-0.1, -0.05) is 50.3 Å². The highest BCUT2D eigenvalue weighted by Crippen LogP contribution is 2.31. The highest BCUT2D eigenvalue weighted by Gasteiger charge is 2.37. The van der Waals surface area contributed by atoms with Crippen LogP contribution >= 0.6 is 0 Å². The number of hydrogen-bond acceptors (Lipinski definition) is 4. The quantitative estimate of drug-likeness (QED) is 0.350. The lowest BCUT2D eigenvalue weighted by atomic mass is 10.1. The highest BCUT2D eigenvalue weighted by molar-refractivity contribution is 6.34. The Kier molecular flexibility index (Phi) is 6.47. The molecular weight excluding hydrogens is 366 g/mol. The molecule has 2 aromatic carbocycles. The summed E-state index contributed by atoms with van der Waals surface area (Å²) >= 11 is 0. The summed E-state index contributed by atoms with van der Waals surface area (Å²) in [4.78, 5) is 39.3. The first kappa shape index (κ1) is 20.8. The minimum atomic E-state index is -0.464. The molecule has 1 aliphatic rings. The molecule has 1 heterocycles. The number of aryl methyl sites for hydroxylation is 2. The van der Waals surface area contributed by atoms with Gasteiger partial charge in [0.1, 0.15) is 0 Å². The van der Waals surface area contributed by atoms with Crippen molar-refractivity contribution < 1.29 is 19.1 Å². The summed E-state index contributed by atoms with van der Waals surface area (Å²) in [5, 5.41) is 0. The van der Waals surface area contributed by atoms with Gasteiger partial charge in [-0.25, -0.2) is 9.69 Å². The minimum absolute atomic E-state index is 0.243. The van der Waals surface area contributed by atoms with Crippen LogP contribution in [0.5, 0.6) is 0 Å². The van der Waals surface area contributed by atoms with Crippen LogP contribution in [0.3, 0.4) is 0 Å². The molecular formula is C24H27NO4. The van der Waals surface area contributed by atoms with Gasteiger partial charge in [0.05, 0.1) is 29.0 Å². The van der Waals surface area contributed by atoms with Crippen LogP contribution in [0.1, 0.15) is 81.2 Å². The van der Waals surface area contributed by atoms with Crippen molar-refractivity contribution in [1.82, 2.24) is 0 Å². The lowest BCUT2D eigenvalue weighted by Crippen LogP contribution is -2.30. The number of esters is 1. The van der Waals surface area contributed by atoms with Gasteiger partial charge in [-0.2, -0.15) is 0 Å². The number of amides is 2. The van der Waals surface area contributed by atoms with Crippen molar-refractivity contribution >= 4 is 23.5 Å². The molecule has 0 radical (unpaired) electrons. The average Bonchev–Trinajstić information content (AvgIpc) is 2.95. The van der Waals surface area contributed by atoms with Crippen LogP contribution in [0.15, 0.2) is 36.4 Å². The Hall–Kier alpha value is -2.95. The van der Waals surface area contributed by atoms with Crippen LogP contribution in [0, 0.1) is 13.8 Å². The van der Waals surface area contributed by atoms with Gasteiger partial charge < -0.3 is 4.74 Å². The summed E-state index contributed by atoms with van der Waals surface area (Å²) < 4.78 is 5.33. The lowest BCUT2D eigenvalue weighted by molar-refractivity contribution is 0.0497. The number of imide groups is 1. The summed E-state index contributed by atoms with van der Waals surface area (Å²) in [6.45, 7) is 6.35. The van der Waals surface area contributed by atoms with E-state index in [0.29, 0.717) is 23.4 Å². The second-order valence-corrected chi connectivity index (χ2v) is 7.55. The Bertz CT molecular complexity index is 948. The maximum absolute atomic E-state index is 12.9. The van der Waals surface area contributed by atoms with E-state index in [9.17, 15) is 14.4 Å². The van der Waals surface area contributed by atoms with E-state index >= 15 is 0 Å². The van der Waals surface area contributed by atoms with Gasteiger partial charge in [0.2, 0.25) is 0 Å². The van der Waals surface area contributed by atoms with E-state index in [1.165, 1.54) is 29.9 Å². The molecule has 0 fully saturated rings. The molecule has 0 aromatic heterocycles. The van der Waals surface area contributed by atoms with E-state index in [-0.39, 0.29) is 11.5 Å². The molecule has 0 atom stereocenters. The lowest BCUT2D eigenvalue weighted by Gasteiger charge is -2.16. The van der Waals surface area contributed by atoms with Crippen LogP contribution in [0.25, 0.3) is 0 Å². The van der Waals surface area contributed by atoms with E-state index in [0.717, 1.165) is 30.4 Å². The van der Waals surface area contributed by atoms with E-state index in [2.05, 4.69) is 6.92 Å². The normalized spacial score (nSPS) is 13.0. The Morgan fingerprint density at radius 2 is 1.62 bits per heavy atom. The fraction of sp³-hybridized carbons (Fsp3) is 0.375. The molecule has 0 aliphatic carbocycles. The van der Waals surface area contributed by atoms with Gasteiger partial charge in [0.25, 0.3) is 11.8 Å². The standard InChI is InChI=1S/C24H27NO4/c1-4-5-6-7-8-13-29-24(28)18-10-11-19-20(15-18)23(27)25(22(19)26)21-12-9-16(2)14-17(21)3/h9-12,14-15H,4-8,13H2,1-3H3. The van der Waals surface area contributed by atoms with Crippen molar-refractivity contribution in [3.8, 4) is 0 Å². The van der Waals surface area contributed by atoms with Gasteiger partial charge in [-0.05, 0) is 50.1 Å². The highest BCUT2D eigenvalue weighted by atomic mass is 16.5. The zero-order chi connectivity index (χ0) is 21.0. The maximum atomic E-state index is 12.9. The molecule has 29 heavy (non-hydrogen) atoms. The predicted octanol–water partition coefficient (Wildman–Crippen LogP) is 5.23. The van der Waals surface area contributed by atoms with E-state index in [4.69, 9.17) is 4.74 Å². The number of ether oxygens (including phenoxy) is 1. The number of nitrogens with zero attached hydrogens (tertiary/aromatic N) is 1. The first-order chi connectivity index (χ1) is 13.9. The van der Waals surface area contributed by atoms with Gasteiger partial charge >= 0.3 is 5.97 Å². The van der Waals surface area contributed by atoms with Crippen molar-refractivity contribution in [2.24, 2.45) is 0 Å². The molecule has 5 nitrogen and oxygen atoms in total. The molecule has 0 unspecified atom stereocenters. The number of unbranched alkanes of at least 4 members (excludes halogenated alkanes) is 4. The average molecular weight is 393 g/mol. The van der Waals surface area contributed by atoms with Crippen LogP contribution in [-0.4, -0.2) is 24.4 Å². The molecule has 3 rings (SSSR count). The number of carbonyl (C=O) groups excluding carboxylic acids is 3. The second kappa shape index (κ2) is 9.03. The van der Waals surface area contributed by atoms with E-state index < -0.39 is 11.9 Å². The smallest absolute Gasteiger partial charge is 0.338 e. The molecule has 2 aromatic rings. The summed E-state index contributed by atoms with van der Waals surface area (Å²) in [6.07, 6.45) is 5.35. The van der Waals surface area contributed by atoms with Crippen LogP contribution in [0.4, 0.5) is 5.69 Å². The van der Waals surface area contributed by atoms with E-state index in [1.807, 2.05) is 26.0 Å². The molecule has 0 bridgehead atoms. The van der Waals surface area contributed by atoms with Crippen LogP contribution in [0.2, 0.25) is 0 Å². The Balaban J connectivity index is 1.73. The van der Waals surface area contributed by atoms with Crippen LogP contribution < -0.4 is 4.90 Å². The first-order valence-electron chi connectivity index (χ1n) is 10.2. The SMILES string of the molecule is CCCCCCCOC(=O)c1ccc2c(c1)C(=O)N(c1ccc(C)cc1C)C2=O. The largest absolute Gasteiger partial charge is 0.462 e. The number of benzene rings is 2. The van der Waals surface area contributed by atoms with Crippen molar-refractivity contribution in [1.29, 1.82) is 0 Å². The summed E-state index contributed by atoms with van der Waals surface area (Å²) in [7, 11) is 0. The summed E-state index contributed by atoms with van der Waals surface area (Å²) in [5.41, 5.74) is 3.32. The fourth-order valence-corrected chi connectivity index (χ4v) is 3.60. The minimum Gasteiger partial charge on any atom is -0.462 e. The number of hydrogen-bond donors (Lipinski definition) is 0. The third-order valence-electron chi connectivity index (χ3n) is 5.20. The molecule has 0 N–H and O–H groups in total. The summed E-state index contributed by atoms with van der Waals surface area (Å²) in [5.74, 6) is -1.24. The van der Waals surface area contributed by atoms with Gasteiger partial charge in [0, 0.05) is 0 Å². The third-order valence-corrected chi connectivity index (χ3v) is 5.20. The number of fused-ring (bicyclic) bond motifs is 1. The molecule has 2 amide bonds. The van der Waals surface area contributed by atoms with Gasteiger partial charge in [-0.3, -0.25) is 9.59 Å². The van der Waals surface area contributed by atoms with Crippen molar-refractivity contribution in [3.05, 3.63) is 64.2 Å². The zero-order valence-corrected chi connectivity index (χ0v) is 17.3. The second-order valence-electron chi connectivity index (χ2n) is 7.55. The van der Waals surface area contributed by atoms with Gasteiger partial charge in [0.15, 0.2) is 0 Å². The monoisotopic (exact) mass is 393 g/mol. The molecule has 0 saturated heterocycles. The van der Waals surface area contributed by atoms with Crippen molar-refractivity contribution in [2.75, 3.05) is 11.5 Å². The van der Waals surface area contributed by atoms with Crippen molar-refractivity contribution in [2.45, 2.75) is 52.9 Å². The Morgan fingerprint density at radius 3 is 2.34 bits per heavy atom. The van der Waals surface area contributed by atoms with E-state index in [1.54, 1.807) is 12.1 Å².